The molecule has 2 aromatic heterocycles. The molecule has 1 aliphatic rings. The Bertz CT molecular complexity index is 2000. The molecule has 6 rings (SSSR count). The van der Waals surface area contributed by atoms with Crippen LogP contribution < -0.4 is 15.6 Å². The number of rotatable bonds is 11. The Morgan fingerprint density at radius 2 is 1.51 bits per heavy atom. The summed E-state index contributed by atoms with van der Waals surface area (Å²) in [7, 11) is 0. The predicted octanol–water partition coefficient (Wildman–Crippen LogP) is 6.61. The van der Waals surface area contributed by atoms with Crippen molar-refractivity contribution in [3.05, 3.63) is 129 Å². The summed E-state index contributed by atoms with van der Waals surface area (Å²) in [5.41, 5.74) is 3.80. The number of urea groups is 1. The maximum atomic E-state index is 13.5. The first-order valence-corrected chi connectivity index (χ1v) is 17.5. The summed E-state index contributed by atoms with van der Waals surface area (Å²) in [6.07, 6.45) is -0.496. The van der Waals surface area contributed by atoms with E-state index in [-0.39, 0.29) is 30.5 Å². The van der Waals surface area contributed by atoms with Crippen LogP contribution in [0.3, 0.4) is 0 Å². The molecule has 15 heteroatoms. The monoisotopic (exact) mass is 709 g/mol. The van der Waals surface area contributed by atoms with Crippen molar-refractivity contribution < 1.29 is 22.4 Å². The lowest BCUT2D eigenvalue weighted by Crippen LogP contribution is -2.31. The molecule has 0 unspecified atom stereocenters. The van der Waals surface area contributed by atoms with Crippen LogP contribution >= 0.6 is 23.7 Å². The number of hydrogen-bond acceptors (Lipinski definition) is 7. The summed E-state index contributed by atoms with van der Waals surface area (Å²) < 4.78 is 59.2. The molecule has 0 saturated heterocycles. The van der Waals surface area contributed by atoms with Gasteiger partial charge in [0.25, 0.3) is 5.56 Å². The van der Waals surface area contributed by atoms with E-state index in [2.05, 4.69) is 25.2 Å². The number of hydrogen-bond donors (Lipinski definition) is 2. The van der Waals surface area contributed by atoms with Gasteiger partial charge in [-0.3, -0.25) is 9.52 Å². The summed E-state index contributed by atoms with van der Waals surface area (Å²) in [4.78, 5) is 29.6. The summed E-state index contributed by atoms with van der Waals surface area (Å²) in [6, 6.07) is 18.3. The van der Waals surface area contributed by atoms with E-state index in [0.717, 1.165) is 52.9 Å². The number of halogens is 4. The molecular formula is C34H31F4N7O2S2. The van der Waals surface area contributed by atoms with Gasteiger partial charge in [0.15, 0.2) is 16.8 Å². The summed E-state index contributed by atoms with van der Waals surface area (Å²) in [6.45, 7) is 0.690. The Morgan fingerprint density at radius 1 is 0.857 bits per heavy atom. The topological polar surface area (TPSA) is 107 Å². The molecule has 9 nitrogen and oxygen atoms in total. The first kappa shape index (κ1) is 34.2. The highest BCUT2D eigenvalue weighted by Gasteiger charge is 2.30. The molecule has 3 aromatic carbocycles. The number of benzene rings is 3. The lowest BCUT2D eigenvalue weighted by molar-refractivity contribution is -0.137. The second-order valence-electron chi connectivity index (χ2n) is 11.4. The number of nitrogens with one attached hydrogen (secondary N) is 2. The van der Waals surface area contributed by atoms with Crippen LogP contribution in [0.4, 0.5) is 22.4 Å². The number of thioether (sulfide) groups is 1. The zero-order valence-electron chi connectivity index (χ0n) is 26.3. The van der Waals surface area contributed by atoms with Crippen LogP contribution in [0.5, 0.6) is 0 Å². The van der Waals surface area contributed by atoms with Crippen molar-refractivity contribution in [2.45, 2.75) is 56.0 Å². The van der Waals surface area contributed by atoms with Crippen LogP contribution in [0.1, 0.15) is 46.0 Å². The number of carbonyl (C=O) groups is 1. The van der Waals surface area contributed by atoms with Gasteiger partial charge in [-0.05, 0) is 65.8 Å². The average Bonchev–Trinajstić information content (AvgIpc) is 3.73. The van der Waals surface area contributed by atoms with E-state index in [1.165, 1.54) is 36.0 Å². The van der Waals surface area contributed by atoms with Gasteiger partial charge in [0, 0.05) is 23.3 Å². The minimum absolute atomic E-state index is 0.0930. The number of nitrogens with zero attached hydrogens (tertiary/aromatic N) is 5. The Labute approximate surface area is 287 Å². The van der Waals surface area contributed by atoms with E-state index in [0.29, 0.717) is 53.1 Å². The van der Waals surface area contributed by atoms with Crippen molar-refractivity contribution in [3.8, 4) is 11.1 Å². The predicted molar refractivity (Wildman–Crippen MR) is 180 cm³/mol. The van der Waals surface area contributed by atoms with Gasteiger partial charge < -0.3 is 14.5 Å². The molecule has 0 saturated carbocycles. The van der Waals surface area contributed by atoms with E-state index < -0.39 is 11.7 Å². The van der Waals surface area contributed by atoms with Crippen LogP contribution in [0, 0.1) is 5.82 Å². The van der Waals surface area contributed by atoms with Crippen molar-refractivity contribution in [2.24, 2.45) is 0 Å². The van der Waals surface area contributed by atoms with Crippen molar-refractivity contribution >= 4 is 29.7 Å². The van der Waals surface area contributed by atoms with Gasteiger partial charge in [0.1, 0.15) is 5.82 Å². The third kappa shape index (κ3) is 8.16. The van der Waals surface area contributed by atoms with E-state index >= 15 is 0 Å². The van der Waals surface area contributed by atoms with Crippen LogP contribution in [0.2, 0.25) is 0 Å². The molecule has 0 spiro atoms. The normalized spacial score (nSPS) is 12.6. The average molecular weight is 710 g/mol. The largest absolute Gasteiger partial charge is 0.416 e. The van der Waals surface area contributed by atoms with Gasteiger partial charge in [-0.25, -0.2) is 9.18 Å². The highest BCUT2D eigenvalue weighted by molar-refractivity contribution is 7.98. The lowest BCUT2D eigenvalue weighted by Gasteiger charge is -2.18. The van der Waals surface area contributed by atoms with E-state index in [1.54, 1.807) is 18.4 Å². The molecule has 0 bridgehead atoms. The van der Waals surface area contributed by atoms with Crippen molar-refractivity contribution in [1.29, 1.82) is 0 Å². The molecule has 254 valence electrons. The van der Waals surface area contributed by atoms with Crippen LogP contribution in [-0.2, 0) is 44.4 Å². The Kier molecular flexibility index (Phi) is 10.4. The first-order chi connectivity index (χ1) is 23.6. The number of fused-ring (bicyclic) bond motifs is 1. The fourth-order valence-corrected chi connectivity index (χ4v) is 6.88. The number of amides is 2. The van der Waals surface area contributed by atoms with Crippen LogP contribution in [0.15, 0.2) is 82.7 Å². The van der Waals surface area contributed by atoms with Gasteiger partial charge in [-0.1, -0.05) is 72.2 Å². The molecule has 49 heavy (non-hydrogen) atoms. The quantitative estimate of drug-likeness (QED) is 0.0688. The molecule has 2 heterocycles. The smallest absolute Gasteiger partial charge is 0.330 e. The third-order valence-electron chi connectivity index (χ3n) is 8.13. The number of aromatic nitrogens is 5. The third-order valence-corrected chi connectivity index (χ3v) is 9.56. The maximum absolute atomic E-state index is 13.5. The Morgan fingerprint density at radius 3 is 2.18 bits per heavy atom. The van der Waals surface area contributed by atoms with Crippen LogP contribution in [0.25, 0.3) is 11.1 Å². The minimum atomic E-state index is -4.41. The number of alkyl halides is 3. The second-order valence-corrected chi connectivity index (χ2v) is 12.9. The van der Waals surface area contributed by atoms with Crippen molar-refractivity contribution in [1.82, 2.24) is 34.4 Å². The van der Waals surface area contributed by atoms with Gasteiger partial charge in [0.2, 0.25) is 0 Å². The molecule has 0 radical (unpaired) electrons. The number of carbonyl (C=O) groups excluding carboxylic acids is 1. The highest BCUT2D eigenvalue weighted by atomic mass is 32.2. The fourth-order valence-electron chi connectivity index (χ4n) is 5.66. The molecule has 0 fully saturated rings. The maximum Gasteiger partial charge on any atom is 0.416 e. The zero-order chi connectivity index (χ0) is 34.5. The molecule has 5 aromatic rings. The Balaban J connectivity index is 1.30. The van der Waals surface area contributed by atoms with E-state index in [9.17, 15) is 27.2 Å². The highest BCUT2D eigenvalue weighted by Crippen LogP contribution is 2.31. The lowest BCUT2D eigenvalue weighted by atomic mass is 10.0. The molecule has 2 N–H and O–H groups in total. The second kappa shape index (κ2) is 14.9. The molecule has 1 aliphatic carbocycles. The fraction of sp³-hybridized carbons (Fsp3) is 0.265. The minimum Gasteiger partial charge on any atom is -0.330 e. The van der Waals surface area contributed by atoms with E-state index in [1.807, 2.05) is 33.4 Å². The standard InChI is InChI=1S/C34H31F4N7O2S2/c1-48-43-32(47)39-17-29-41-42-30(45(29)18-21-5-9-23(10-6-21)24-11-13-25(14-12-24)34(36,37)38)19-44-28-4-2-3-27(28)31(46)40-33(44)49-20-22-7-15-26(35)16-8-22/h5-16H,2-4,17-20H2,1H3,(H2,39,43,47). The summed E-state index contributed by atoms with van der Waals surface area (Å²) in [5, 5.41) is 12.2. The zero-order valence-corrected chi connectivity index (χ0v) is 27.9. The van der Waals surface area contributed by atoms with Crippen molar-refractivity contribution in [3.63, 3.8) is 0 Å². The SMILES string of the molecule is CSNC(=O)NCc1nnc(Cn2c(SCc3ccc(F)cc3)nc(=O)c3c2CCC3)n1Cc1ccc(-c2ccc(C(F)(F)F)cc2)cc1. The first-order valence-electron chi connectivity index (χ1n) is 15.3. The molecule has 0 aliphatic heterocycles. The van der Waals surface area contributed by atoms with E-state index in [4.69, 9.17) is 0 Å². The van der Waals surface area contributed by atoms with Gasteiger partial charge in [0.05, 0.1) is 25.2 Å². The molecule has 0 atom stereocenters. The van der Waals surface area contributed by atoms with Gasteiger partial charge >= 0.3 is 12.2 Å². The Hall–Kier alpha value is -4.63. The van der Waals surface area contributed by atoms with Crippen molar-refractivity contribution in [2.75, 3.05) is 6.26 Å². The summed E-state index contributed by atoms with van der Waals surface area (Å²) >= 11 is 2.55. The molecule has 2 amide bonds. The summed E-state index contributed by atoms with van der Waals surface area (Å²) in [5.74, 6) is 1.23. The molecular weight excluding hydrogens is 679 g/mol. The van der Waals surface area contributed by atoms with Crippen LogP contribution in [-0.4, -0.2) is 36.6 Å². The van der Waals surface area contributed by atoms with Gasteiger partial charge in [-0.15, -0.1) is 10.2 Å². The van der Waals surface area contributed by atoms with Gasteiger partial charge in [-0.2, -0.15) is 18.2 Å².